The molecule has 0 saturated heterocycles. The lowest BCUT2D eigenvalue weighted by molar-refractivity contribution is -0.120. The van der Waals surface area contributed by atoms with E-state index in [-0.39, 0.29) is 25.0 Å². The molecule has 148 valence electrons. The number of anilines is 2. The van der Waals surface area contributed by atoms with E-state index in [4.69, 9.17) is 9.47 Å². The number of benzene rings is 2. The van der Waals surface area contributed by atoms with E-state index < -0.39 is 5.97 Å². The summed E-state index contributed by atoms with van der Waals surface area (Å²) in [4.78, 5) is 37.6. The van der Waals surface area contributed by atoms with Gasteiger partial charge in [-0.15, -0.1) is 0 Å². The van der Waals surface area contributed by atoms with Crippen molar-refractivity contribution in [1.82, 2.24) is 0 Å². The predicted molar refractivity (Wildman–Crippen MR) is 107 cm³/mol. The minimum absolute atomic E-state index is 0.175. The SMILES string of the molecule is CCOC(=O)c1ccc(N(CC(=O)Nc2cc(C)ccc2OC)C(C)=O)cc1. The lowest BCUT2D eigenvalue weighted by Crippen LogP contribution is -2.36. The van der Waals surface area contributed by atoms with Gasteiger partial charge in [0.1, 0.15) is 12.3 Å². The molecule has 0 spiro atoms. The molecule has 2 amide bonds. The highest BCUT2D eigenvalue weighted by Gasteiger charge is 2.18. The summed E-state index contributed by atoms with van der Waals surface area (Å²) in [5.41, 5.74) is 2.39. The second-order valence-electron chi connectivity index (χ2n) is 6.12. The first-order chi connectivity index (χ1) is 13.3. The number of ether oxygens (including phenoxy) is 2. The molecule has 0 aliphatic rings. The molecule has 0 unspecified atom stereocenters. The number of aryl methyl sites for hydroxylation is 1. The summed E-state index contributed by atoms with van der Waals surface area (Å²) in [6.45, 7) is 5.11. The average Bonchev–Trinajstić information content (AvgIpc) is 2.66. The number of esters is 1. The third kappa shape index (κ3) is 5.33. The van der Waals surface area contributed by atoms with Crippen molar-refractivity contribution >= 4 is 29.2 Å². The molecule has 0 heterocycles. The molecule has 0 radical (unpaired) electrons. The van der Waals surface area contributed by atoms with Crippen LogP contribution in [0, 0.1) is 6.92 Å². The minimum Gasteiger partial charge on any atom is -0.495 e. The van der Waals surface area contributed by atoms with Crippen molar-refractivity contribution in [2.75, 3.05) is 30.5 Å². The summed E-state index contributed by atoms with van der Waals surface area (Å²) in [7, 11) is 1.52. The number of carbonyl (C=O) groups excluding carboxylic acids is 3. The number of amides is 2. The molecule has 1 N–H and O–H groups in total. The van der Waals surface area contributed by atoms with Crippen LogP contribution in [0.5, 0.6) is 5.75 Å². The van der Waals surface area contributed by atoms with E-state index in [0.717, 1.165) is 5.56 Å². The fourth-order valence-corrected chi connectivity index (χ4v) is 2.63. The lowest BCUT2D eigenvalue weighted by atomic mass is 10.2. The van der Waals surface area contributed by atoms with Crippen LogP contribution in [0.15, 0.2) is 42.5 Å². The van der Waals surface area contributed by atoms with Crippen molar-refractivity contribution in [1.29, 1.82) is 0 Å². The van der Waals surface area contributed by atoms with Crippen LogP contribution < -0.4 is 15.0 Å². The van der Waals surface area contributed by atoms with Gasteiger partial charge in [-0.05, 0) is 55.8 Å². The molecule has 7 heteroatoms. The molecule has 2 aromatic rings. The summed E-state index contributed by atoms with van der Waals surface area (Å²) in [6, 6.07) is 11.8. The topological polar surface area (TPSA) is 84.9 Å². The van der Waals surface area contributed by atoms with Crippen LogP contribution in [0.25, 0.3) is 0 Å². The van der Waals surface area contributed by atoms with Gasteiger partial charge in [0.2, 0.25) is 11.8 Å². The Labute approximate surface area is 164 Å². The first-order valence-electron chi connectivity index (χ1n) is 8.85. The summed E-state index contributed by atoms with van der Waals surface area (Å²) in [5, 5.41) is 2.77. The Morgan fingerprint density at radius 1 is 1.07 bits per heavy atom. The molecule has 0 atom stereocenters. The van der Waals surface area contributed by atoms with E-state index in [1.54, 1.807) is 43.3 Å². The quantitative estimate of drug-likeness (QED) is 0.741. The molecule has 0 saturated carbocycles. The zero-order valence-electron chi connectivity index (χ0n) is 16.4. The van der Waals surface area contributed by atoms with Gasteiger partial charge in [-0.25, -0.2) is 4.79 Å². The van der Waals surface area contributed by atoms with Crippen LogP contribution in [0.4, 0.5) is 11.4 Å². The number of rotatable bonds is 7. The smallest absolute Gasteiger partial charge is 0.338 e. The first-order valence-corrected chi connectivity index (χ1v) is 8.85. The number of hydrogen-bond donors (Lipinski definition) is 1. The first kappa shape index (κ1) is 21.0. The van der Waals surface area contributed by atoms with Crippen molar-refractivity contribution in [3.05, 3.63) is 53.6 Å². The largest absolute Gasteiger partial charge is 0.495 e. The maximum atomic E-state index is 12.5. The molecular weight excluding hydrogens is 360 g/mol. The number of nitrogens with zero attached hydrogens (tertiary/aromatic N) is 1. The third-order valence-electron chi connectivity index (χ3n) is 4.00. The Hall–Kier alpha value is -3.35. The monoisotopic (exact) mass is 384 g/mol. The molecule has 0 aliphatic heterocycles. The van der Waals surface area contributed by atoms with E-state index >= 15 is 0 Å². The predicted octanol–water partition coefficient (Wildman–Crippen LogP) is 3.17. The Morgan fingerprint density at radius 3 is 2.32 bits per heavy atom. The van der Waals surface area contributed by atoms with Crippen LogP contribution in [0.2, 0.25) is 0 Å². The van der Waals surface area contributed by atoms with Gasteiger partial charge in [0.05, 0.1) is 25.0 Å². The summed E-state index contributed by atoms with van der Waals surface area (Å²) in [6.07, 6.45) is 0. The van der Waals surface area contributed by atoms with Crippen molar-refractivity contribution in [3.8, 4) is 5.75 Å². The fraction of sp³-hybridized carbons (Fsp3) is 0.286. The van der Waals surface area contributed by atoms with Gasteiger partial charge < -0.3 is 19.7 Å². The highest BCUT2D eigenvalue weighted by Crippen LogP contribution is 2.25. The second-order valence-corrected chi connectivity index (χ2v) is 6.12. The summed E-state index contributed by atoms with van der Waals surface area (Å²) in [5.74, 6) is -0.566. The van der Waals surface area contributed by atoms with E-state index in [2.05, 4.69) is 5.32 Å². The van der Waals surface area contributed by atoms with Gasteiger partial charge in [-0.2, -0.15) is 0 Å². The molecule has 0 aromatic heterocycles. The van der Waals surface area contributed by atoms with Gasteiger partial charge >= 0.3 is 5.97 Å². The molecule has 28 heavy (non-hydrogen) atoms. The average molecular weight is 384 g/mol. The molecule has 2 rings (SSSR count). The van der Waals surface area contributed by atoms with Crippen LogP contribution >= 0.6 is 0 Å². The third-order valence-corrected chi connectivity index (χ3v) is 4.00. The van der Waals surface area contributed by atoms with Crippen LogP contribution in [-0.4, -0.2) is 38.0 Å². The highest BCUT2D eigenvalue weighted by molar-refractivity contribution is 6.02. The Balaban J connectivity index is 2.14. The van der Waals surface area contributed by atoms with Gasteiger partial charge in [0.25, 0.3) is 0 Å². The molecule has 0 bridgehead atoms. The van der Waals surface area contributed by atoms with Crippen LogP contribution in [0.1, 0.15) is 29.8 Å². The summed E-state index contributed by atoms with van der Waals surface area (Å²) >= 11 is 0. The highest BCUT2D eigenvalue weighted by atomic mass is 16.5. The normalized spacial score (nSPS) is 10.1. The van der Waals surface area contributed by atoms with E-state index in [1.165, 1.54) is 18.9 Å². The fourth-order valence-electron chi connectivity index (χ4n) is 2.63. The van der Waals surface area contributed by atoms with E-state index in [9.17, 15) is 14.4 Å². The Morgan fingerprint density at radius 2 is 1.75 bits per heavy atom. The van der Waals surface area contributed by atoms with Crippen molar-refractivity contribution in [2.24, 2.45) is 0 Å². The van der Waals surface area contributed by atoms with Crippen molar-refractivity contribution in [3.63, 3.8) is 0 Å². The Kier molecular flexibility index (Phi) is 7.14. The zero-order chi connectivity index (χ0) is 20.7. The number of nitrogens with one attached hydrogen (secondary N) is 1. The van der Waals surface area contributed by atoms with E-state index in [1.807, 2.05) is 13.0 Å². The maximum Gasteiger partial charge on any atom is 0.338 e. The van der Waals surface area contributed by atoms with E-state index in [0.29, 0.717) is 22.7 Å². The molecule has 0 fully saturated rings. The Bertz CT molecular complexity index is 862. The number of carbonyl (C=O) groups is 3. The molecule has 0 aliphatic carbocycles. The van der Waals surface area contributed by atoms with Crippen molar-refractivity contribution < 1.29 is 23.9 Å². The van der Waals surface area contributed by atoms with Gasteiger partial charge in [0.15, 0.2) is 0 Å². The standard InChI is InChI=1S/C21H24N2O5/c1-5-28-21(26)16-7-9-17(10-8-16)23(15(3)24)13-20(25)22-18-12-14(2)6-11-19(18)27-4/h6-12H,5,13H2,1-4H3,(H,22,25). The summed E-state index contributed by atoms with van der Waals surface area (Å²) < 4.78 is 10.2. The van der Waals surface area contributed by atoms with Crippen LogP contribution in [-0.2, 0) is 14.3 Å². The lowest BCUT2D eigenvalue weighted by Gasteiger charge is -2.21. The van der Waals surface area contributed by atoms with Gasteiger partial charge in [0, 0.05) is 12.6 Å². The number of methoxy groups -OCH3 is 1. The van der Waals surface area contributed by atoms with Gasteiger partial charge in [-0.1, -0.05) is 6.07 Å². The zero-order valence-corrected chi connectivity index (χ0v) is 16.4. The maximum absolute atomic E-state index is 12.5. The van der Waals surface area contributed by atoms with Gasteiger partial charge in [-0.3, -0.25) is 9.59 Å². The van der Waals surface area contributed by atoms with Crippen molar-refractivity contribution in [2.45, 2.75) is 20.8 Å². The number of hydrogen-bond acceptors (Lipinski definition) is 5. The second kappa shape index (κ2) is 9.55. The molecule has 7 nitrogen and oxygen atoms in total. The molecule has 2 aromatic carbocycles. The minimum atomic E-state index is -0.437. The van der Waals surface area contributed by atoms with Crippen LogP contribution in [0.3, 0.4) is 0 Å². The molecular formula is C21H24N2O5.